The van der Waals surface area contributed by atoms with Crippen LogP contribution in [-0.2, 0) is 14.8 Å². The van der Waals surface area contributed by atoms with Crippen LogP contribution in [0.1, 0.15) is 18.4 Å². The van der Waals surface area contributed by atoms with Crippen molar-refractivity contribution in [3.8, 4) is 0 Å². The van der Waals surface area contributed by atoms with Gasteiger partial charge in [0.1, 0.15) is 0 Å². The maximum Gasteiger partial charge on any atom is 0.240 e. The molecule has 86 valence electrons. The summed E-state index contributed by atoms with van der Waals surface area (Å²) in [6.45, 7) is 1.75. The number of nitrogens with one attached hydrogen (secondary N) is 2. The molecule has 0 radical (unpaired) electrons. The Bertz CT molecular complexity index is 551. The lowest BCUT2D eigenvalue weighted by Crippen LogP contribution is -2.18. The summed E-state index contributed by atoms with van der Waals surface area (Å²) in [4.78, 5) is 11.6. The molecule has 1 aromatic carbocycles. The number of hydrogen-bond donors (Lipinski definition) is 2. The minimum atomic E-state index is -3.45. The molecule has 0 spiro atoms. The highest BCUT2D eigenvalue weighted by molar-refractivity contribution is 7.89. The Morgan fingerprint density at radius 3 is 2.69 bits per heavy atom. The van der Waals surface area contributed by atoms with E-state index in [4.69, 9.17) is 0 Å². The van der Waals surface area contributed by atoms with Crippen LogP contribution in [0.15, 0.2) is 23.1 Å². The lowest BCUT2D eigenvalue weighted by atomic mass is 10.0. The van der Waals surface area contributed by atoms with Crippen LogP contribution in [0.4, 0.5) is 5.69 Å². The van der Waals surface area contributed by atoms with E-state index in [0.717, 1.165) is 5.56 Å². The molecule has 0 aliphatic carbocycles. The predicted molar refractivity (Wildman–Crippen MR) is 59.7 cm³/mol. The molecule has 1 aliphatic heterocycles. The third-order valence-electron chi connectivity index (χ3n) is 2.72. The second kappa shape index (κ2) is 3.57. The van der Waals surface area contributed by atoms with Gasteiger partial charge in [-0.25, -0.2) is 13.1 Å². The highest BCUT2D eigenvalue weighted by Crippen LogP contribution is 2.33. The Balaban J connectivity index is 2.54. The number of carbonyl (C=O) groups excluding carboxylic acids is 1. The molecule has 0 aromatic heterocycles. The summed E-state index contributed by atoms with van der Waals surface area (Å²) >= 11 is 0. The lowest BCUT2D eigenvalue weighted by Gasteiger charge is -2.06. The summed E-state index contributed by atoms with van der Waals surface area (Å²) in [6.07, 6.45) is 0. The minimum absolute atomic E-state index is 0.103. The van der Waals surface area contributed by atoms with E-state index in [-0.39, 0.29) is 16.7 Å². The van der Waals surface area contributed by atoms with Crippen LogP contribution >= 0.6 is 0 Å². The van der Waals surface area contributed by atoms with Crippen LogP contribution in [0.25, 0.3) is 0 Å². The molecule has 5 nitrogen and oxygen atoms in total. The molecule has 1 amide bonds. The fraction of sp³-hybridized carbons (Fsp3) is 0.300. The number of rotatable bonds is 2. The summed E-state index contributed by atoms with van der Waals surface area (Å²) in [5.41, 5.74) is 1.41. The molecule has 0 saturated carbocycles. The van der Waals surface area contributed by atoms with Gasteiger partial charge in [0.25, 0.3) is 0 Å². The van der Waals surface area contributed by atoms with Crippen molar-refractivity contribution in [3.05, 3.63) is 23.8 Å². The first kappa shape index (κ1) is 11.1. The number of benzene rings is 1. The van der Waals surface area contributed by atoms with Gasteiger partial charge in [-0.15, -0.1) is 0 Å². The molecule has 0 fully saturated rings. The molecule has 0 saturated heterocycles. The Morgan fingerprint density at radius 2 is 2.06 bits per heavy atom. The van der Waals surface area contributed by atoms with Gasteiger partial charge in [-0.05, 0) is 37.7 Å². The van der Waals surface area contributed by atoms with Crippen LogP contribution in [-0.4, -0.2) is 21.4 Å². The molecule has 16 heavy (non-hydrogen) atoms. The Kier molecular flexibility index (Phi) is 2.47. The second-order valence-corrected chi connectivity index (χ2v) is 5.55. The largest absolute Gasteiger partial charge is 0.325 e. The van der Waals surface area contributed by atoms with Crippen molar-refractivity contribution in [1.82, 2.24) is 4.72 Å². The molecule has 2 rings (SSSR count). The summed E-state index contributed by atoms with van der Waals surface area (Å²) in [5.74, 6) is -0.406. The number of sulfonamides is 1. The van der Waals surface area contributed by atoms with E-state index in [1.165, 1.54) is 19.2 Å². The average molecular weight is 240 g/mol. The van der Waals surface area contributed by atoms with E-state index >= 15 is 0 Å². The van der Waals surface area contributed by atoms with Crippen molar-refractivity contribution in [2.45, 2.75) is 17.7 Å². The van der Waals surface area contributed by atoms with E-state index in [1.54, 1.807) is 13.0 Å². The smallest absolute Gasteiger partial charge is 0.240 e. The van der Waals surface area contributed by atoms with E-state index in [2.05, 4.69) is 10.0 Å². The summed E-state index contributed by atoms with van der Waals surface area (Å²) in [7, 11) is -2.09. The van der Waals surface area contributed by atoms with Crippen molar-refractivity contribution in [2.75, 3.05) is 12.4 Å². The van der Waals surface area contributed by atoms with Crippen LogP contribution in [0, 0.1) is 0 Å². The van der Waals surface area contributed by atoms with Crippen LogP contribution in [0.2, 0.25) is 0 Å². The first-order valence-electron chi connectivity index (χ1n) is 4.84. The molecular weight excluding hydrogens is 228 g/mol. The molecule has 1 aromatic rings. The van der Waals surface area contributed by atoms with Crippen molar-refractivity contribution in [2.24, 2.45) is 0 Å². The Morgan fingerprint density at radius 1 is 1.38 bits per heavy atom. The third kappa shape index (κ3) is 1.60. The van der Waals surface area contributed by atoms with E-state index < -0.39 is 10.0 Å². The number of amides is 1. The molecule has 2 N–H and O–H groups in total. The SMILES string of the molecule is CNS(=O)(=O)c1ccc2c(c1)C(C)C(=O)N2. The van der Waals surface area contributed by atoms with Crippen LogP contribution < -0.4 is 10.0 Å². The number of fused-ring (bicyclic) bond motifs is 1. The zero-order valence-electron chi connectivity index (χ0n) is 8.94. The van der Waals surface area contributed by atoms with Gasteiger partial charge in [0.05, 0.1) is 10.8 Å². The van der Waals surface area contributed by atoms with Gasteiger partial charge in [-0.2, -0.15) is 0 Å². The first-order valence-corrected chi connectivity index (χ1v) is 6.32. The highest BCUT2D eigenvalue weighted by Gasteiger charge is 2.27. The normalized spacial score (nSPS) is 19.4. The van der Waals surface area contributed by atoms with Gasteiger partial charge in [-0.3, -0.25) is 4.79 Å². The fourth-order valence-corrected chi connectivity index (χ4v) is 2.45. The van der Waals surface area contributed by atoms with Crippen molar-refractivity contribution >= 4 is 21.6 Å². The van der Waals surface area contributed by atoms with Gasteiger partial charge in [-0.1, -0.05) is 0 Å². The lowest BCUT2D eigenvalue weighted by molar-refractivity contribution is -0.116. The van der Waals surface area contributed by atoms with E-state index in [1.807, 2.05) is 0 Å². The number of carbonyl (C=O) groups is 1. The van der Waals surface area contributed by atoms with Crippen LogP contribution in [0.5, 0.6) is 0 Å². The minimum Gasteiger partial charge on any atom is -0.325 e. The standard InChI is InChI=1S/C10H12N2O3S/c1-6-8-5-7(16(14,15)11-2)3-4-9(8)12-10(6)13/h3-6,11H,1-2H3,(H,12,13). The number of anilines is 1. The maximum absolute atomic E-state index is 11.6. The van der Waals surface area contributed by atoms with Gasteiger partial charge in [0.15, 0.2) is 0 Å². The zero-order chi connectivity index (χ0) is 11.9. The molecule has 1 unspecified atom stereocenters. The molecule has 1 heterocycles. The van der Waals surface area contributed by atoms with Gasteiger partial charge >= 0.3 is 0 Å². The quantitative estimate of drug-likeness (QED) is 0.797. The van der Waals surface area contributed by atoms with Gasteiger partial charge in [0, 0.05) is 5.69 Å². The van der Waals surface area contributed by atoms with Gasteiger partial charge in [0.2, 0.25) is 15.9 Å². The first-order chi connectivity index (χ1) is 7.45. The maximum atomic E-state index is 11.6. The molecule has 1 aliphatic rings. The van der Waals surface area contributed by atoms with E-state index in [0.29, 0.717) is 5.69 Å². The number of hydrogen-bond acceptors (Lipinski definition) is 3. The highest BCUT2D eigenvalue weighted by atomic mass is 32.2. The summed E-state index contributed by atoms with van der Waals surface area (Å²) in [6, 6.07) is 4.62. The molecule has 6 heteroatoms. The Labute approximate surface area is 93.9 Å². The molecule has 0 bridgehead atoms. The van der Waals surface area contributed by atoms with Gasteiger partial charge < -0.3 is 5.32 Å². The average Bonchev–Trinajstić information content (AvgIpc) is 2.55. The van der Waals surface area contributed by atoms with Crippen molar-refractivity contribution in [3.63, 3.8) is 0 Å². The topological polar surface area (TPSA) is 75.3 Å². The molecule has 1 atom stereocenters. The van der Waals surface area contributed by atoms with E-state index in [9.17, 15) is 13.2 Å². The molecular formula is C10H12N2O3S. The third-order valence-corrected chi connectivity index (χ3v) is 4.13. The Hall–Kier alpha value is -1.40. The second-order valence-electron chi connectivity index (χ2n) is 3.67. The zero-order valence-corrected chi connectivity index (χ0v) is 9.76. The summed E-state index contributed by atoms with van der Waals surface area (Å²) < 4.78 is 25.4. The van der Waals surface area contributed by atoms with Crippen molar-refractivity contribution in [1.29, 1.82) is 0 Å². The van der Waals surface area contributed by atoms with Crippen LogP contribution in [0.3, 0.4) is 0 Å². The predicted octanol–water partition coefficient (Wildman–Crippen LogP) is 0.650. The monoisotopic (exact) mass is 240 g/mol. The summed E-state index contributed by atoms with van der Waals surface area (Å²) in [5, 5.41) is 2.69. The fourth-order valence-electron chi connectivity index (χ4n) is 1.68. The van der Waals surface area contributed by atoms with Crippen molar-refractivity contribution < 1.29 is 13.2 Å².